The van der Waals surface area contributed by atoms with E-state index in [0.29, 0.717) is 13.1 Å². The van der Waals surface area contributed by atoms with Crippen LogP contribution in [-0.4, -0.2) is 25.3 Å². The number of nitrogens with two attached hydrogens (primary N) is 2. The van der Waals surface area contributed by atoms with Gasteiger partial charge in [-0.1, -0.05) is 13.8 Å². The lowest BCUT2D eigenvalue weighted by Gasteiger charge is -2.29. The summed E-state index contributed by atoms with van der Waals surface area (Å²) in [6.45, 7) is 9.63. The van der Waals surface area contributed by atoms with Gasteiger partial charge in [-0.05, 0) is 139 Å². The van der Waals surface area contributed by atoms with Crippen LogP contribution in [0, 0.1) is 0 Å². The SMILES string of the molecule is CC(CCN)Oc1c(Br)cc(C(C)(C)c2cc(Br)c(OC(C)CCN)c(Br)c2)cc1Br. The van der Waals surface area contributed by atoms with Crippen molar-refractivity contribution in [2.45, 2.75) is 58.2 Å². The van der Waals surface area contributed by atoms with Crippen LogP contribution in [0.1, 0.15) is 51.7 Å². The molecule has 0 aliphatic carbocycles. The molecule has 31 heavy (non-hydrogen) atoms. The Hall–Kier alpha value is -0.120. The highest BCUT2D eigenvalue weighted by atomic mass is 79.9. The largest absolute Gasteiger partial charge is 0.488 e. The van der Waals surface area contributed by atoms with Crippen molar-refractivity contribution in [3.8, 4) is 11.5 Å². The Kier molecular flexibility index (Phi) is 10.4. The maximum atomic E-state index is 6.09. The number of hydrogen-bond acceptors (Lipinski definition) is 4. The molecule has 2 unspecified atom stereocenters. The first kappa shape index (κ1) is 27.1. The lowest BCUT2D eigenvalue weighted by atomic mass is 9.78. The molecule has 4 nitrogen and oxygen atoms in total. The van der Waals surface area contributed by atoms with E-state index in [-0.39, 0.29) is 17.6 Å². The molecule has 4 N–H and O–H groups in total. The number of benzene rings is 2. The molecule has 0 saturated heterocycles. The number of halogens is 4. The van der Waals surface area contributed by atoms with Crippen molar-refractivity contribution >= 4 is 63.7 Å². The lowest BCUT2D eigenvalue weighted by molar-refractivity contribution is 0.211. The zero-order valence-corrected chi connectivity index (χ0v) is 24.6. The molecule has 0 heterocycles. The molecule has 2 rings (SSSR count). The van der Waals surface area contributed by atoms with Crippen molar-refractivity contribution in [3.63, 3.8) is 0 Å². The van der Waals surface area contributed by atoms with Crippen LogP contribution in [0.5, 0.6) is 11.5 Å². The Labute approximate surface area is 219 Å². The maximum absolute atomic E-state index is 6.09. The fourth-order valence-corrected chi connectivity index (χ4v) is 5.97. The molecule has 0 aromatic heterocycles. The molecule has 0 amide bonds. The molecule has 0 fully saturated rings. The minimum Gasteiger partial charge on any atom is -0.488 e. The molecule has 0 saturated carbocycles. The van der Waals surface area contributed by atoms with Crippen LogP contribution in [0.4, 0.5) is 0 Å². The second-order valence-electron chi connectivity index (χ2n) is 8.17. The van der Waals surface area contributed by atoms with E-state index in [1.807, 2.05) is 13.8 Å². The highest BCUT2D eigenvalue weighted by Gasteiger charge is 2.28. The van der Waals surface area contributed by atoms with Gasteiger partial charge in [0.05, 0.1) is 30.1 Å². The normalized spacial score (nSPS) is 13.7. The molecule has 0 radical (unpaired) electrons. The van der Waals surface area contributed by atoms with Crippen LogP contribution in [0.2, 0.25) is 0 Å². The zero-order valence-electron chi connectivity index (χ0n) is 18.3. The first-order valence-electron chi connectivity index (χ1n) is 10.2. The summed E-state index contributed by atoms with van der Waals surface area (Å²) in [7, 11) is 0. The number of ether oxygens (including phenoxy) is 2. The fourth-order valence-electron chi connectivity index (χ4n) is 3.22. The average Bonchev–Trinajstić information content (AvgIpc) is 2.67. The summed E-state index contributed by atoms with van der Waals surface area (Å²) in [6.07, 6.45) is 1.68. The molecule has 0 spiro atoms. The van der Waals surface area contributed by atoms with E-state index >= 15 is 0 Å². The Bertz CT molecular complexity index is 788. The minimum absolute atomic E-state index is 0.0394. The van der Waals surface area contributed by atoms with Gasteiger partial charge in [0.25, 0.3) is 0 Å². The molecule has 172 valence electrons. The van der Waals surface area contributed by atoms with E-state index in [2.05, 4.69) is 102 Å². The summed E-state index contributed by atoms with van der Waals surface area (Å²) in [5.74, 6) is 1.58. The van der Waals surface area contributed by atoms with Gasteiger partial charge in [0, 0.05) is 5.41 Å². The van der Waals surface area contributed by atoms with Crippen LogP contribution in [0.3, 0.4) is 0 Å². The smallest absolute Gasteiger partial charge is 0.148 e. The molecule has 2 aromatic carbocycles. The van der Waals surface area contributed by atoms with Crippen molar-refractivity contribution in [1.29, 1.82) is 0 Å². The quantitative estimate of drug-likeness (QED) is 0.276. The summed E-state index contributed by atoms with van der Waals surface area (Å²) >= 11 is 14.8. The van der Waals surface area contributed by atoms with E-state index in [0.717, 1.165) is 53.4 Å². The van der Waals surface area contributed by atoms with Gasteiger partial charge in [-0.25, -0.2) is 0 Å². The van der Waals surface area contributed by atoms with Gasteiger partial charge in [0.15, 0.2) is 0 Å². The summed E-state index contributed by atoms with van der Waals surface area (Å²) in [4.78, 5) is 0. The van der Waals surface area contributed by atoms with Gasteiger partial charge in [0.2, 0.25) is 0 Å². The van der Waals surface area contributed by atoms with Crippen LogP contribution in [0.25, 0.3) is 0 Å². The third-order valence-corrected chi connectivity index (χ3v) is 7.58. The Balaban J connectivity index is 2.38. The molecule has 2 aromatic rings. The van der Waals surface area contributed by atoms with E-state index in [1.165, 1.54) is 0 Å². The predicted octanol–water partition coefficient (Wildman–Crippen LogP) is 7.29. The molecular formula is C23H30Br4N2O2. The summed E-state index contributed by atoms with van der Waals surface area (Å²) in [5.41, 5.74) is 13.3. The van der Waals surface area contributed by atoms with Crippen LogP contribution < -0.4 is 20.9 Å². The molecule has 0 aliphatic heterocycles. The molecule has 0 bridgehead atoms. The minimum atomic E-state index is -0.265. The van der Waals surface area contributed by atoms with Crippen molar-refractivity contribution in [3.05, 3.63) is 53.3 Å². The Morgan fingerprint density at radius 3 is 1.26 bits per heavy atom. The second kappa shape index (κ2) is 11.8. The standard InChI is InChI=1S/C23H30Br4N2O2/c1-13(5-7-28)30-21-17(24)9-15(10-18(21)25)23(3,4)16-11-19(26)22(20(27)12-16)31-14(2)6-8-29/h9-14H,5-8,28-29H2,1-4H3. The van der Waals surface area contributed by atoms with Gasteiger partial charge in [-0.2, -0.15) is 0 Å². The number of rotatable bonds is 10. The van der Waals surface area contributed by atoms with Crippen LogP contribution in [-0.2, 0) is 5.41 Å². The van der Waals surface area contributed by atoms with E-state index in [4.69, 9.17) is 20.9 Å². The summed E-state index contributed by atoms with van der Waals surface area (Å²) in [6, 6.07) is 8.46. The van der Waals surface area contributed by atoms with E-state index in [1.54, 1.807) is 0 Å². The lowest BCUT2D eigenvalue weighted by Crippen LogP contribution is -2.21. The van der Waals surface area contributed by atoms with Crippen molar-refractivity contribution in [2.24, 2.45) is 11.5 Å². The predicted molar refractivity (Wildman–Crippen MR) is 143 cm³/mol. The molecule has 2 atom stereocenters. The monoisotopic (exact) mass is 682 g/mol. The Morgan fingerprint density at radius 2 is 1.00 bits per heavy atom. The van der Waals surface area contributed by atoms with Crippen molar-refractivity contribution < 1.29 is 9.47 Å². The van der Waals surface area contributed by atoms with Gasteiger partial charge in [-0.15, -0.1) is 0 Å². The first-order chi connectivity index (χ1) is 14.5. The van der Waals surface area contributed by atoms with Gasteiger partial charge >= 0.3 is 0 Å². The second-order valence-corrected chi connectivity index (χ2v) is 11.6. The Morgan fingerprint density at radius 1 is 0.710 bits per heavy atom. The summed E-state index contributed by atoms with van der Waals surface area (Å²) in [5, 5.41) is 0. The molecular weight excluding hydrogens is 656 g/mol. The first-order valence-corrected chi connectivity index (χ1v) is 13.4. The van der Waals surface area contributed by atoms with Crippen molar-refractivity contribution in [1.82, 2.24) is 0 Å². The van der Waals surface area contributed by atoms with Crippen LogP contribution in [0.15, 0.2) is 42.2 Å². The van der Waals surface area contributed by atoms with E-state index < -0.39 is 0 Å². The summed E-state index contributed by atoms with van der Waals surface area (Å²) < 4.78 is 15.8. The van der Waals surface area contributed by atoms with Crippen LogP contribution >= 0.6 is 63.7 Å². The average molecular weight is 686 g/mol. The zero-order chi connectivity index (χ0) is 23.3. The van der Waals surface area contributed by atoms with E-state index in [9.17, 15) is 0 Å². The van der Waals surface area contributed by atoms with Gasteiger partial charge in [-0.3, -0.25) is 0 Å². The van der Waals surface area contributed by atoms with Gasteiger partial charge in [0.1, 0.15) is 11.5 Å². The topological polar surface area (TPSA) is 70.5 Å². The molecule has 0 aliphatic rings. The highest BCUT2D eigenvalue weighted by Crippen LogP contribution is 2.44. The fraction of sp³-hybridized carbons (Fsp3) is 0.478. The van der Waals surface area contributed by atoms with Gasteiger partial charge < -0.3 is 20.9 Å². The third kappa shape index (κ3) is 6.93. The third-order valence-electron chi connectivity index (χ3n) is 5.22. The number of hydrogen-bond donors (Lipinski definition) is 2. The van der Waals surface area contributed by atoms with Crippen molar-refractivity contribution in [2.75, 3.05) is 13.1 Å². The maximum Gasteiger partial charge on any atom is 0.148 e. The highest BCUT2D eigenvalue weighted by molar-refractivity contribution is 9.11. The molecule has 8 heteroatoms.